The molecule has 5 fully saturated rings. The van der Waals surface area contributed by atoms with Crippen LogP contribution in [-0.2, 0) is 90.5 Å². The number of esters is 1. The molecule has 0 aromatic rings. The molecule has 42 heteroatoms. The highest BCUT2D eigenvalue weighted by atomic mass is 16.8. The van der Waals surface area contributed by atoms with Crippen molar-refractivity contribution in [3.8, 4) is 0 Å². The first-order chi connectivity index (χ1) is 43.6. The summed E-state index contributed by atoms with van der Waals surface area (Å²) in [5.41, 5.74) is 0. The Morgan fingerprint density at radius 3 is 1.37 bits per heavy atom. The number of aliphatic carboxylic acids is 3. The number of carboxylic acids is 3. The highest BCUT2D eigenvalue weighted by Gasteiger charge is 2.64. The molecule has 5 heterocycles. The smallest absolute Gasteiger partial charge is 0.364 e. The van der Waals surface area contributed by atoms with Crippen LogP contribution in [-0.4, -0.2) is 367 Å². The van der Waals surface area contributed by atoms with E-state index < -0.39 is 283 Å². The molecule has 534 valence electrons. The van der Waals surface area contributed by atoms with Crippen LogP contribution < -0.4 is 21.3 Å². The first kappa shape index (κ1) is 78.4. The van der Waals surface area contributed by atoms with E-state index in [9.17, 15) is 135 Å². The van der Waals surface area contributed by atoms with Crippen molar-refractivity contribution in [2.45, 2.75) is 223 Å². The summed E-state index contributed by atoms with van der Waals surface area (Å²) in [6.07, 6.45) is -54.1. The molecule has 0 bridgehead atoms. The number of carboxylic acid groups (broad SMARTS) is 3. The second-order valence-electron chi connectivity index (χ2n) is 22.5. The van der Waals surface area contributed by atoms with Crippen LogP contribution in [0.4, 0.5) is 0 Å². The van der Waals surface area contributed by atoms with Crippen LogP contribution in [0.15, 0.2) is 0 Å². The van der Waals surface area contributed by atoms with Crippen molar-refractivity contribution >= 4 is 48.0 Å². The normalized spacial score (nSPS) is 38.7. The lowest BCUT2D eigenvalue weighted by atomic mass is 9.86. The molecule has 0 unspecified atom stereocenters. The van der Waals surface area contributed by atoms with Crippen LogP contribution in [0, 0.1) is 0 Å². The molecule has 42 nitrogen and oxygen atoms in total. The van der Waals surface area contributed by atoms with Gasteiger partial charge in [0.15, 0.2) is 18.7 Å². The number of aliphatic hydroxyl groups excluding tert-OH is 16. The van der Waals surface area contributed by atoms with Gasteiger partial charge in [0.05, 0.1) is 88.7 Å². The lowest BCUT2D eigenvalue weighted by Crippen LogP contribution is -2.72. The van der Waals surface area contributed by atoms with Crippen molar-refractivity contribution in [3.05, 3.63) is 0 Å². The molecule has 0 aromatic heterocycles. The molecule has 0 aliphatic carbocycles. The van der Waals surface area contributed by atoms with Gasteiger partial charge in [-0.2, -0.15) is 0 Å². The van der Waals surface area contributed by atoms with Crippen molar-refractivity contribution in [1.82, 2.24) is 21.3 Å². The molecule has 4 amide bonds. The lowest BCUT2D eigenvalue weighted by molar-refractivity contribution is -0.388. The number of nitrogens with one attached hydrogen (secondary N) is 4. The first-order valence-corrected chi connectivity index (χ1v) is 28.6. The molecule has 23 N–H and O–H groups in total. The molecule has 5 aliphatic rings. The van der Waals surface area contributed by atoms with Gasteiger partial charge in [-0.3, -0.25) is 24.0 Å². The van der Waals surface area contributed by atoms with Gasteiger partial charge in [-0.05, 0) is 0 Å². The van der Waals surface area contributed by atoms with E-state index in [1.54, 1.807) is 0 Å². The van der Waals surface area contributed by atoms with E-state index in [1.807, 2.05) is 0 Å². The maximum absolute atomic E-state index is 13.6. The van der Waals surface area contributed by atoms with E-state index in [-0.39, 0.29) is 6.41 Å². The van der Waals surface area contributed by atoms with Crippen molar-refractivity contribution < 1.29 is 187 Å². The summed E-state index contributed by atoms with van der Waals surface area (Å²) in [5, 5.41) is 218. The molecule has 0 aromatic carbocycles. The van der Waals surface area contributed by atoms with Crippen LogP contribution in [0.1, 0.15) is 47.0 Å². The maximum atomic E-state index is 13.6. The van der Waals surface area contributed by atoms with Crippen LogP contribution in [0.25, 0.3) is 0 Å². The number of ether oxygens (including phenoxy) is 11. The third kappa shape index (κ3) is 18.0. The van der Waals surface area contributed by atoms with Crippen LogP contribution in [0.3, 0.4) is 0 Å². The Morgan fingerprint density at radius 2 is 0.968 bits per heavy atom. The average Bonchev–Trinajstić information content (AvgIpc) is 0.765. The number of hydrogen-bond acceptors (Lipinski definition) is 35. The van der Waals surface area contributed by atoms with Gasteiger partial charge < -0.3 is 170 Å². The summed E-state index contributed by atoms with van der Waals surface area (Å²) in [7, 11) is 0. The fraction of sp³-hybridized carbons (Fsp3) is 0.843. The average molecular weight is 1360 g/mol. The van der Waals surface area contributed by atoms with E-state index in [4.69, 9.17) is 52.1 Å². The van der Waals surface area contributed by atoms with E-state index in [2.05, 4.69) is 21.3 Å². The van der Waals surface area contributed by atoms with Crippen LogP contribution in [0.2, 0.25) is 0 Å². The largest absolute Gasteiger partial charge is 0.477 e. The van der Waals surface area contributed by atoms with Crippen LogP contribution >= 0.6 is 0 Å². The summed E-state index contributed by atoms with van der Waals surface area (Å²) in [5.74, 6) is -21.5. The van der Waals surface area contributed by atoms with Gasteiger partial charge in [0.2, 0.25) is 24.1 Å². The Morgan fingerprint density at radius 1 is 0.538 bits per heavy atom. The van der Waals surface area contributed by atoms with Gasteiger partial charge in [-0.1, -0.05) is 0 Å². The molecule has 29 atom stereocenters. The first-order valence-electron chi connectivity index (χ1n) is 28.6. The summed E-state index contributed by atoms with van der Waals surface area (Å²) in [6.45, 7) is -4.43. The third-order valence-electron chi connectivity index (χ3n) is 15.7. The molecule has 0 spiro atoms. The van der Waals surface area contributed by atoms with E-state index in [1.165, 1.54) is 0 Å². The zero-order chi connectivity index (χ0) is 69.9. The fourth-order valence-electron chi connectivity index (χ4n) is 11.3. The minimum absolute atomic E-state index is 0.224. The Kier molecular flexibility index (Phi) is 28.3. The molecule has 5 aliphatic heterocycles. The number of hydrogen-bond donors (Lipinski definition) is 23. The fourth-order valence-corrected chi connectivity index (χ4v) is 11.3. The van der Waals surface area contributed by atoms with Gasteiger partial charge in [-0.15, -0.1) is 0 Å². The van der Waals surface area contributed by atoms with E-state index in [0.29, 0.717) is 0 Å². The molecule has 5 rings (SSSR count). The molecule has 0 radical (unpaired) electrons. The molecule has 0 saturated carbocycles. The van der Waals surface area contributed by atoms with Crippen molar-refractivity contribution in [1.29, 1.82) is 0 Å². The topological polar surface area (TPSA) is 671 Å². The van der Waals surface area contributed by atoms with E-state index in [0.717, 1.165) is 27.7 Å². The summed E-state index contributed by atoms with van der Waals surface area (Å²) < 4.78 is 61.6. The highest BCUT2D eigenvalue weighted by Crippen LogP contribution is 2.42. The zero-order valence-electron chi connectivity index (χ0n) is 49.9. The van der Waals surface area contributed by atoms with Crippen LogP contribution in [0.5, 0.6) is 0 Å². The van der Waals surface area contributed by atoms with Gasteiger partial charge in [-0.25, -0.2) is 14.4 Å². The summed E-state index contributed by atoms with van der Waals surface area (Å²) in [4.78, 5) is 101. The number of carbonyl (C=O) groups excluding carboxylic acids is 5. The van der Waals surface area contributed by atoms with Crippen molar-refractivity contribution in [2.75, 3.05) is 46.2 Å². The SMILES string of the molecule is CC(=O)N[C@H]1[C@H]([C@H](OC(C)=O)[C@H](O)CO)O[C@@](O[C@H](CO)[C@@H](O)[C@@H]2O[C@@](O[C@H](CO)[C@@H](O)[C@@H]3O[C@@](O[C@H]4[C@@H](O)[C@@H](CO)O[C@@H](O[C@H]5[C@H](O)[C@@H](O)[C@H](OC[C@@H](CO)NC=O)O[C@@H]5CO)[C@@H]4O)(C(=O)O)C[C@H](O)[C@H]3NC(C)=O)(C(=O)O)C[C@H](O)[C@H]2NC(C)=O)(C(=O)O)C[C@@H]1O. The monoisotopic (exact) mass is 1360 g/mol. The Balaban J connectivity index is 1.50. The second kappa shape index (κ2) is 33.6. The summed E-state index contributed by atoms with van der Waals surface area (Å²) >= 11 is 0. The maximum Gasteiger partial charge on any atom is 0.364 e. The van der Waals surface area contributed by atoms with Gasteiger partial charge in [0.1, 0.15) is 97.7 Å². The standard InChI is InChI=1S/C51H82N4O38/c1-16(63)53-29-21(67)5-49(46(77)78,90-40(29)33(72)27(12-60)89-50(47(79)80)6-23(69)31(55-18(3)65)42(92-50)38(24(70)9-57)84-19(4)66)88-26(11-59)34(73)41-30(54-17(2)64)22(68)7-51(91-41,48(81)82)93-43-32(71)25(10-58)85-45(37(43)76)87-39-28(13-61)86-44(36(75)35(39)74)83-14-20(8-56)52-15-62/h15,20-45,56-61,67-76H,5-14H2,1-4H3,(H,52,62)(H,53,63)(H,54,64)(H,55,65)(H,77,78)(H,79,80)(H,81,82)/t20-,21+,22+,23+,24-,25-,26-,27-,28-,29-,30-,31-,32+,33-,34-,35-,36-,37-,38-,39-,40-,41-,42-,43+,44-,45+,49-,50-,51+/m1/s1. The second-order valence-corrected chi connectivity index (χ2v) is 22.5. The van der Waals surface area contributed by atoms with Crippen molar-refractivity contribution in [3.63, 3.8) is 0 Å². The number of aliphatic hydroxyl groups is 16. The van der Waals surface area contributed by atoms with Crippen molar-refractivity contribution in [2.24, 2.45) is 0 Å². The van der Waals surface area contributed by atoms with E-state index >= 15 is 0 Å². The zero-order valence-corrected chi connectivity index (χ0v) is 49.9. The minimum atomic E-state index is -3.58. The predicted molar refractivity (Wildman–Crippen MR) is 286 cm³/mol. The third-order valence-corrected chi connectivity index (χ3v) is 15.7. The number of carbonyl (C=O) groups is 8. The highest BCUT2D eigenvalue weighted by molar-refractivity contribution is 5.78. The van der Waals surface area contributed by atoms with Gasteiger partial charge in [0.25, 0.3) is 17.4 Å². The Labute approximate surface area is 525 Å². The molecule has 5 saturated heterocycles. The molecular weight excluding hydrogens is 1280 g/mol. The number of rotatable bonds is 32. The Hall–Kier alpha value is -5.28. The van der Waals surface area contributed by atoms with Gasteiger partial charge >= 0.3 is 23.9 Å². The molecular formula is C51H82N4O38. The Bertz CT molecular complexity index is 2530. The molecule has 93 heavy (non-hydrogen) atoms. The quantitative estimate of drug-likeness (QED) is 0.0220. The number of amides is 4. The van der Waals surface area contributed by atoms with Gasteiger partial charge in [0, 0.05) is 47.0 Å². The summed E-state index contributed by atoms with van der Waals surface area (Å²) in [6, 6.07) is -6.97. The predicted octanol–water partition coefficient (Wildman–Crippen LogP) is -14.2. The lowest BCUT2D eigenvalue weighted by Gasteiger charge is -2.51. The minimum Gasteiger partial charge on any atom is -0.477 e.